The Morgan fingerprint density at radius 2 is 1.54 bits per heavy atom. The molecule has 1 aromatic heterocycles. The molecule has 0 fully saturated rings. The Hall–Kier alpha value is -2.79. The number of benzene rings is 2. The molecule has 0 aliphatic heterocycles. The van der Waals surface area contributed by atoms with E-state index in [1.54, 1.807) is 42.5 Å². The van der Waals surface area contributed by atoms with E-state index >= 15 is 0 Å². The zero-order valence-electron chi connectivity index (χ0n) is 12.9. The average molecular weight is 339 g/mol. The molecule has 0 aliphatic rings. The molecule has 0 saturated carbocycles. The Morgan fingerprint density at radius 1 is 0.875 bits per heavy atom. The molecule has 0 N–H and O–H groups in total. The number of para-hydroxylation sites is 1. The third-order valence-electron chi connectivity index (χ3n) is 3.46. The maximum atomic E-state index is 12.8. The Balaban J connectivity index is 1.93. The summed E-state index contributed by atoms with van der Waals surface area (Å²) in [5.74, 6) is 0.579. The predicted octanol–water partition coefficient (Wildman–Crippen LogP) is 4.29. The van der Waals surface area contributed by atoms with Gasteiger partial charge in [0, 0.05) is 0 Å². The van der Waals surface area contributed by atoms with Gasteiger partial charge in [-0.05, 0) is 35.9 Å². The minimum Gasteiger partial charge on any atom is -0.467 e. The van der Waals surface area contributed by atoms with Crippen LogP contribution >= 0.6 is 0 Å². The summed E-state index contributed by atoms with van der Waals surface area (Å²) in [5, 5.41) is 1.22. The van der Waals surface area contributed by atoms with E-state index in [9.17, 15) is 8.42 Å². The fourth-order valence-electron chi connectivity index (χ4n) is 2.27. The van der Waals surface area contributed by atoms with Crippen LogP contribution in [0.2, 0.25) is 0 Å². The summed E-state index contributed by atoms with van der Waals surface area (Å²) in [7, 11) is -3.66. The van der Waals surface area contributed by atoms with Crippen LogP contribution in [0, 0.1) is 0 Å². The Kier molecular flexibility index (Phi) is 4.82. The number of hydrogen-bond donors (Lipinski definition) is 0. The van der Waals surface area contributed by atoms with E-state index in [4.69, 9.17) is 4.42 Å². The summed E-state index contributed by atoms with van der Waals surface area (Å²) in [6, 6.07) is 21.8. The van der Waals surface area contributed by atoms with Crippen molar-refractivity contribution in [1.82, 2.24) is 0 Å². The topological polar surface area (TPSA) is 50.5 Å². The minimum absolute atomic E-state index is 0.137. The molecule has 0 spiro atoms. The van der Waals surface area contributed by atoms with Crippen molar-refractivity contribution in [3.63, 3.8) is 0 Å². The molecule has 1 heterocycles. The van der Waals surface area contributed by atoms with Gasteiger partial charge in [0.05, 0.1) is 23.9 Å². The van der Waals surface area contributed by atoms with Crippen LogP contribution in [0.3, 0.4) is 0 Å². The molecule has 0 atom stereocenters. The second-order valence-corrected chi connectivity index (χ2v) is 6.92. The zero-order chi connectivity index (χ0) is 16.8. The van der Waals surface area contributed by atoms with Gasteiger partial charge in [0.1, 0.15) is 5.76 Å². The first-order valence-electron chi connectivity index (χ1n) is 7.48. The van der Waals surface area contributed by atoms with Crippen LogP contribution in [0.4, 0.5) is 5.69 Å². The maximum absolute atomic E-state index is 12.8. The maximum Gasteiger partial charge on any atom is 0.257 e. The van der Waals surface area contributed by atoms with Gasteiger partial charge in [-0.1, -0.05) is 48.5 Å². The fourth-order valence-corrected chi connectivity index (χ4v) is 3.47. The number of hydrogen-bond acceptors (Lipinski definition) is 3. The summed E-state index contributed by atoms with van der Waals surface area (Å²) in [4.78, 5) is 0. The lowest BCUT2D eigenvalue weighted by molar-refractivity contribution is 0.509. The molecule has 4 nitrogen and oxygen atoms in total. The van der Waals surface area contributed by atoms with Crippen LogP contribution in [-0.2, 0) is 16.6 Å². The van der Waals surface area contributed by atoms with Gasteiger partial charge in [-0.25, -0.2) is 8.42 Å². The number of nitrogens with zero attached hydrogens (tertiary/aromatic N) is 1. The predicted molar refractivity (Wildman–Crippen MR) is 95.7 cm³/mol. The summed E-state index contributed by atoms with van der Waals surface area (Å²) in [6.45, 7) is 0.137. The van der Waals surface area contributed by atoms with E-state index in [0.29, 0.717) is 11.4 Å². The van der Waals surface area contributed by atoms with Crippen molar-refractivity contribution in [1.29, 1.82) is 0 Å². The highest BCUT2D eigenvalue weighted by Gasteiger charge is 2.21. The molecular weight excluding hydrogens is 322 g/mol. The van der Waals surface area contributed by atoms with Crippen LogP contribution < -0.4 is 4.31 Å². The fraction of sp³-hybridized carbons (Fsp3) is 0.0526. The molecule has 0 saturated heterocycles. The standard InChI is InChI=1S/C19H17NO3S/c21-24(22,15-13-17-8-3-1-4-9-17)20(16-19-12-7-14-23-19)18-10-5-2-6-11-18/h1-15H,16H2/b15-13-. The van der Waals surface area contributed by atoms with Gasteiger partial charge in [0.15, 0.2) is 0 Å². The van der Waals surface area contributed by atoms with Crippen molar-refractivity contribution < 1.29 is 12.8 Å². The first-order chi connectivity index (χ1) is 11.6. The van der Waals surface area contributed by atoms with E-state index < -0.39 is 10.0 Å². The number of rotatable bonds is 6. The van der Waals surface area contributed by atoms with Gasteiger partial charge in [0.25, 0.3) is 10.0 Å². The smallest absolute Gasteiger partial charge is 0.257 e. The number of furan rings is 1. The van der Waals surface area contributed by atoms with Crippen LogP contribution in [0.25, 0.3) is 6.08 Å². The van der Waals surface area contributed by atoms with Gasteiger partial charge in [-0.15, -0.1) is 0 Å². The van der Waals surface area contributed by atoms with Crippen LogP contribution in [0.1, 0.15) is 11.3 Å². The van der Waals surface area contributed by atoms with Crippen molar-refractivity contribution in [2.75, 3.05) is 4.31 Å². The first-order valence-corrected chi connectivity index (χ1v) is 8.99. The van der Waals surface area contributed by atoms with Gasteiger partial charge in [-0.3, -0.25) is 4.31 Å². The molecule has 24 heavy (non-hydrogen) atoms. The first kappa shape index (κ1) is 16.1. The zero-order valence-corrected chi connectivity index (χ0v) is 13.8. The molecule has 0 bridgehead atoms. The SMILES string of the molecule is O=S(=O)(/C=C\c1ccccc1)N(Cc1ccco1)c1ccccc1. The molecule has 0 amide bonds. The van der Waals surface area contributed by atoms with E-state index in [0.717, 1.165) is 5.56 Å². The summed E-state index contributed by atoms with van der Waals surface area (Å²) in [5.41, 5.74) is 1.42. The van der Waals surface area contributed by atoms with E-state index in [1.165, 1.54) is 16.0 Å². The lowest BCUT2D eigenvalue weighted by atomic mass is 10.2. The van der Waals surface area contributed by atoms with E-state index in [-0.39, 0.29) is 6.54 Å². The van der Waals surface area contributed by atoms with Crippen molar-refractivity contribution in [2.45, 2.75) is 6.54 Å². The molecule has 0 radical (unpaired) electrons. The largest absolute Gasteiger partial charge is 0.467 e. The summed E-state index contributed by atoms with van der Waals surface area (Å²) in [6.07, 6.45) is 3.12. The van der Waals surface area contributed by atoms with Crippen molar-refractivity contribution in [3.8, 4) is 0 Å². The molecular formula is C19H17NO3S. The second-order valence-electron chi connectivity index (χ2n) is 5.18. The van der Waals surface area contributed by atoms with Crippen LogP contribution in [0.15, 0.2) is 88.9 Å². The minimum atomic E-state index is -3.66. The summed E-state index contributed by atoms with van der Waals surface area (Å²) >= 11 is 0. The molecule has 3 rings (SSSR count). The van der Waals surface area contributed by atoms with Gasteiger partial charge < -0.3 is 4.42 Å². The van der Waals surface area contributed by atoms with Gasteiger partial charge in [0.2, 0.25) is 0 Å². The molecule has 5 heteroatoms. The molecule has 2 aromatic carbocycles. The Morgan fingerprint density at radius 3 is 2.17 bits per heavy atom. The lowest BCUT2D eigenvalue weighted by Gasteiger charge is -2.21. The van der Waals surface area contributed by atoms with Gasteiger partial charge >= 0.3 is 0 Å². The van der Waals surface area contributed by atoms with E-state index in [2.05, 4.69) is 0 Å². The highest BCUT2D eigenvalue weighted by atomic mass is 32.2. The second kappa shape index (κ2) is 7.19. The Labute approximate surface area is 141 Å². The number of sulfonamides is 1. The van der Waals surface area contributed by atoms with Crippen LogP contribution in [0.5, 0.6) is 0 Å². The third-order valence-corrected chi connectivity index (χ3v) is 4.90. The van der Waals surface area contributed by atoms with Crippen molar-refractivity contribution in [2.24, 2.45) is 0 Å². The molecule has 122 valence electrons. The lowest BCUT2D eigenvalue weighted by Crippen LogP contribution is -2.28. The van der Waals surface area contributed by atoms with E-state index in [1.807, 2.05) is 36.4 Å². The van der Waals surface area contributed by atoms with Crippen LogP contribution in [-0.4, -0.2) is 8.42 Å². The molecule has 0 aliphatic carbocycles. The van der Waals surface area contributed by atoms with Gasteiger partial charge in [-0.2, -0.15) is 0 Å². The summed E-state index contributed by atoms with van der Waals surface area (Å²) < 4.78 is 32.3. The highest BCUT2D eigenvalue weighted by molar-refractivity contribution is 7.95. The molecule has 3 aromatic rings. The highest BCUT2D eigenvalue weighted by Crippen LogP contribution is 2.22. The third kappa shape index (κ3) is 3.94. The molecule has 0 unspecified atom stereocenters. The normalized spacial score (nSPS) is 11.7. The average Bonchev–Trinajstić information content (AvgIpc) is 3.13. The van der Waals surface area contributed by atoms with Crippen molar-refractivity contribution in [3.05, 3.63) is 95.8 Å². The quantitative estimate of drug-likeness (QED) is 0.673. The van der Waals surface area contributed by atoms with Crippen molar-refractivity contribution >= 4 is 21.8 Å². The Bertz CT molecular complexity index is 886. The monoisotopic (exact) mass is 339 g/mol. The number of anilines is 1.